The maximum absolute atomic E-state index is 4.10. The summed E-state index contributed by atoms with van der Waals surface area (Å²) in [5, 5.41) is 8.12. The molecule has 1 heterocycles. The van der Waals surface area contributed by atoms with Crippen molar-refractivity contribution < 1.29 is 0 Å². The molecule has 0 N–H and O–H groups in total. The van der Waals surface area contributed by atoms with Gasteiger partial charge in [-0.25, -0.2) is 0 Å². The van der Waals surface area contributed by atoms with Crippen LogP contribution in [0, 0.1) is 6.92 Å². The molecule has 0 aromatic heterocycles. The van der Waals surface area contributed by atoms with Crippen LogP contribution in [0.2, 0.25) is 0 Å². The highest BCUT2D eigenvalue weighted by atomic mass is 15.2. The normalized spacial score (nSPS) is 11.9. The lowest BCUT2D eigenvalue weighted by Crippen LogP contribution is -1.93. The molecular weight excluding hydrogens is 280 g/mol. The first-order valence-electron chi connectivity index (χ1n) is 8.01. The molecule has 2 heteroatoms. The minimum atomic E-state index is 0.984. The van der Waals surface area contributed by atoms with Crippen molar-refractivity contribution in [2.24, 2.45) is 10.2 Å². The molecule has 0 spiro atoms. The highest BCUT2D eigenvalue weighted by Gasteiger charge is 2.15. The third-order valence-electron chi connectivity index (χ3n) is 4.39. The predicted octanol–water partition coefficient (Wildman–Crippen LogP) is 6.62. The second kappa shape index (κ2) is 5.47. The van der Waals surface area contributed by atoms with Gasteiger partial charge in [0.05, 0.1) is 0 Å². The number of aryl methyl sites for hydroxylation is 2. The van der Waals surface area contributed by atoms with Crippen molar-refractivity contribution in [1.82, 2.24) is 0 Å². The van der Waals surface area contributed by atoms with E-state index in [1.807, 2.05) is 0 Å². The Hall–Kier alpha value is -2.74. The van der Waals surface area contributed by atoms with Crippen LogP contribution in [0.5, 0.6) is 0 Å². The smallest absolute Gasteiger partial charge is 0.114 e. The number of hydrogen-bond donors (Lipinski definition) is 0. The standard InChI is InChI=1S/C21H18N2/c1-3-15-7-5-9-18(16-10-11-19-20(13-16)23-22-19)21(15)17-8-4-6-14(2)12-17/h4-13H,3H2,1-2H3. The van der Waals surface area contributed by atoms with E-state index in [0.717, 1.165) is 17.8 Å². The molecule has 112 valence electrons. The number of benzene rings is 3. The van der Waals surface area contributed by atoms with Crippen LogP contribution in [0.1, 0.15) is 18.1 Å². The Bertz CT molecular complexity index is 923. The molecule has 0 amide bonds. The molecule has 2 nitrogen and oxygen atoms in total. The highest BCUT2D eigenvalue weighted by molar-refractivity contribution is 5.88. The number of fused-ring (bicyclic) bond motifs is 1. The summed E-state index contributed by atoms with van der Waals surface area (Å²) in [6.07, 6.45) is 1.02. The molecule has 0 unspecified atom stereocenters. The van der Waals surface area contributed by atoms with Crippen molar-refractivity contribution in [3.63, 3.8) is 0 Å². The molecule has 0 saturated carbocycles. The number of azo groups is 1. The summed E-state index contributed by atoms with van der Waals surface area (Å²) in [6, 6.07) is 21.6. The lowest BCUT2D eigenvalue weighted by atomic mass is 9.88. The van der Waals surface area contributed by atoms with Crippen molar-refractivity contribution in [3.05, 3.63) is 71.8 Å². The molecule has 1 aliphatic rings. The van der Waals surface area contributed by atoms with Gasteiger partial charge in [-0.3, -0.25) is 0 Å². The lowest BCUT2D eigenvalue weighted by Gasteiger charge is -2.17. The van der Waals surface area contributed by atoms with Crippen molar-refractivity contribution in [2.75, 3.05) is 0 Å². The quantitative estimate of drug-likeness (QED) is 0.406. The zero-order valence-corrected chi connectivity index (χ0v) is 13.4. The predicted molar refractivity (Wildman–Crippen MR) is 95.6 cm³/mol. The molecule has 4 rings (SSSR count). The van der Waals surface area contributed by atoms with E-state index in [1.165, 1.54) is 33.4 Å². The average Bonchev–Trinajstić information content (AvgIpc) is 2.55. The Kier molecular flexibility index (Phi) is 3.30. The topological polar surface area (TPSA) is 24.7 Å². The van der Waals surface area contributed by atoms with Gasteiger partial charge in [-0.2, -0.15) is 0 Å². The maximum atomic E-state index is 4.10. The number of rotatable bonds is 3. The van der Waals surface area contributed by atoms with Gasteiger partial charge in [0.15, 0.2) is 0 Å². The van der Waals surface area contributed by atoms with Gasteiger partial charge in [0.1, 0.15) is 11.4 Å². The molecule has 3 aromatic rings. The fourth-order valence-corrected chi connectivity index (χ4v) is 3.20. The van der Waals surface area contributed by atoms with Gasteiger partial charge in [0, 0.05) is 0 Å². The van der Waals surface area contributed by atoms with Gasteiger partial charge in [0.25, 0.3) is 0 Å². The summed E-state index contributed by atoms with van der Waals surface area (Å²) in [6.45, 7) is 4.35. The minimum absolute atomic E-state index is 0.984. The van der Waals surface area contributed by atoms with Crippen molar-refractivity contribution in [1.29, 1.82) is 0 Å². The lowest BCUT2D eigenvalue weighted by molar-refractivity contribution is 1.14. The molecule has 0 radical (unpaired) electrons. The summed E-state index contributed by atoms with van der Waals surface area (Å²) in [5.74, 6) is 0. The van der Waals surface area contributed by atoms with Gasteiger partial charge in [-0.1, -0.05) is 61.0 Å². The summed E-state index contributed by atoms with van der Waals surface area (Å²) < 4.78 is 0. The molecule has 23 heavy (non-hydrogen) atoms. The summed E-state index contributed by atoms with van der Waals surface area (Å²) in [5.41, 5.74) is 9.70. The van der Waals surface area contributed by atoms with Gasteiger partial charge in [-0.15, -0.1) is 10.2 Å². The Morgan fingerprint density at radius 2 is 1.61 bits per heavy atom. The van der Waals surface area contributed by atoms with E-state index in [4.69, 9.17) is 0 Å². The Morgan fingerprint density at radius 1 is 0.783 bits per heavy atom. The fourth-order valence-electron chi connectivity index (χ4n) is 3.20. The van der Waals surface area contributed by atoms with Gasteiger partial charge < -0.3 is 0 Å². The van der Waals surface area contributed by atoms with E-state index in [1.54, 1.807) is 0 Å². The largest absolute Gasteiger partial charge is 0.148 e. The van der Waals surface area contributed by atoms with Crippen molar-refractivity contribution in [3.8, 4) is 22.3 Å². The van der Waals surface area contributed by atoms with Crippen molar-refractivity contribution in [2.45, 2.75) is 20.3 Å². The monoisotopic (exact) mass is 298 g/mol. The zero-order valence-electron chi connectivity index (χ0n) is 13.4. The van der Waals surface area contributed by atoms with E-state index in [-0.39, 0.29) is 0 Å². The molecule has 0 aliphatic carbocycles. The second-order valence-corrected chi connectivity index (χ2v) is 5.97. The van der Waals surface area contributed by atoms with E-state index in [9.17, 15) is 0 Å². The Labute approximate surface area is 136 Å². The molecule has 3 aromatic carbocycles. The minimum Gasteiger partial charge on any atom is -0.148 e. The van der Waals surface area contributed by atoms with Gasteiger partial charge >= 0.3 is 0 Å². The van der Waals surface area contributed by atoms with Gasteiger partial charge in [-0.05, 0) is 53.3 Å². The molecule has 0 saturated heterocycles. The Morgan fingerprint density at radius 3 is 2.30 bits per heavy atom. The Balaban J connectivity index is 1.95. The molecule has 0 atom stereocenters. The SMILES string of the molecule is CCc1cccc(-c2ccc3c(c2)N=N3)c1-c1cccc(C)c1. The van der Waals surface area contributed by atoms with Crippen molar-refractivity contribution >= 4 is 11.4 Å². The zero-order chi connectivity index (χ0) is 15.8. The van der Waals surface area contributed by atoms with E-state index in [2.05, 4.69) is 84.7 Å². The van der Waals surface area contributed by atoms with E-state index in [0.29, 0.717) is 0 Å². The van der Waals surface area contributed by atoms with Crippen LogP contribution >= 0.6 is 0 Å². The number of nitrogens with zero attached hydrogens (tertiary/aromatic N) is 2. The maximum Gasteiger partial charge on any atom is 0.114 e. The van der Waals surface area contributed by atoms with Crippen LogP contribution in [0.3, 0.4) is 0 Å². The van der Waals surface area contributed by atoms with Crippen LogP contribution in [0.4, 0.5) is 11.4 Å². The third kappa shape index (κ3) is 2.36. The first kappa shape index (κ1) is 13.9. The molecule has 0 bridgehead atoms. The van der Waals surface area contributed by atoms with Crippen LogP contribution in [0.15, 0.2) is 70.9 Å². The van der Waals surface area contributed by atoms with E-state index >= 15 is 0 Å². The highest BCUT2D eigenvalue weighted by Crippen LogP contribution is 2.43. The molecule has 1 aliphatic heterocycles. The molecular formula is C21H18N2. The fraction of sp³-hybridized carbons (Fsp3) is 0.143. The van der Waals surface area contributed by atoms with Crippen LogP contribution < -0.4 is 0 Å². The summed E-state index contributed by atoms with van der Waals surface area (Å²) in [4.78, 5) is 0. The van der Waals surface area contributed by atoms with Gasteiger partial charge in [0.2, 0.25) is 0 Å². The number of hydrogen-bond acceptors (Lipinski definition) is 2. The summed E-state index contributed by atoms with van der Waals surface area (Å²) in [7, 11) is 0. The first-order chi connectivity index (χ1) is 11.3. The van der Waals surface area contributed by atoms with Crippen LogP contribution in [-0.2, 0) is 6.42 Å². The average molecular weight is 298 g/mol. The van der Waals surface area contributed by atoms with E-state index < -0.39 is 0 Å². The third-order valence-corrected chi connectivity index (χ3v) is 4.39. The molecule has 0 fully saturated rings. The van der Waals surface area contributed by atoms with Crippen LogP contribution in [-0.4, -0.2) is 0 Å². The second-order valence-electron chi connectivity index (χ2n) is 5.97. The van der Waals surface area contributed by atoms with Crippen LogP contribution in [0.25, 0.3) is 22.3 Å². The summed E-state index contributed by atoms with van der Waals surface area (Å²) >= 11 is 0. The first-order valence-corrected chi connectivity index (χ1v) is 8.01.